The fourth-order valence-electron chi connectivity index (χ4n) is 2.80. The second-order valence-corrected chi connectivity index (χ2v) is 6.13. The zero-order valence-corrected chi connectivity index (χ0v) is 13.9. The molecule has 0 saturated heterocycles. The van der Waals surface area contributed by atoms with Crippen LogP contribution in [0.25, 0.3) is 22.1 Å². The minimum atomic E-state index is -2.51. The maximum atomic E-state index is 10.7. The van der Waals surface area contributed by atoms with E-state index in [1.807, 2.05) is 0 Å². The first kappa shape index (κ1) is 16.7. The molecule has 0 unspecified atom stereocenters. The molecule has 0 aliphatic rings. The summed E-state index contributed by atoms with van der Waals surface area (Å²) in [5, 5.41) is 36.3. The molecule has 2 aromatic heterocycles. The third kappa shape index (κ3) is 2.69. The van der Waals surface area contributed by atoms with Crippen molar-refractivity contribution in [1.82, 2.24) is 19.9 Å². The number of H-pyrrole nitrogens is 2. The summed E-state index contributed by atoms with van der Waals surface area (Å²) in [6.45, 7) is 0. The Hall–Kier alpha value is -3.76. The van der Waals surface area contributed by atoms with E-state index in [1.165, 1.54) is 0 Å². The smallest absolute Gasteiger partial charge is 0.284 e. The van der Waals surface area contributed by atoms with Crippen molar-refractivity contribution in [2.45, 2.75) is 5.79 Å². The van der Waals surface area contributed by atoms with Gasteiger partial charge in [-0.3, -0.25) is 10.8 Å². The Bertz CT molecular complexity index is 1130. The summed E-state index contributed by atoms with van der Waals surface area (Å²) in [6, 6.07) is 9.69. The minimum Gasteiger partial charge on any atom is -0.384 e. The van der Waals surface area contributed by atoms with Crippen molar-refractivity contribution < 1.29 is 10.2 Å². The SMILES string of the molecule is N=C(N)c1ccc2nc(C(O)(O)c3nc4ccc(C(=N)N)cc4[nH]3)[nH]c2c1. The lowest BCUT2D eigenvalue weighted by molar-refractivity contribution is -0.143. The second-order valence-electron chi connectivity index (χ2n) is 6.13. The maximum Gasteiger partial charge on any atom is 0.284 e. The molecule has 0 aliphatic carbocycles. The van der Waals surface area contributed by atoms with Crippen LogP contribution < -0.4 is 11.5 Å². The van der Waals surface area contributed by atoms with Gasteiger partial charge < -0.3 is 31.6 Å². The quantitative estimate of drug-likeness (QED) is 0.144. The van der Waals surface area contributed by atoms with Crippen LogP contribution in [0.1, 0.15) is 22.8 Å². The lowest BCUT2D eigenvalue weighted by atomic mass is 10.2. The van der Waals surface area contributed by atoms with Gasteiger partial charge in [0.05, 0.1) is 22.1 Å². The number of benzene rings is 2. The van der Waals surface area contributed by atoms with Crippen LogP contribution >= 0.6 is 0 Å². The molecule has 0 saturated carbocycles. The molecule has 2 aromatic carbocycles. The predicted octanol–water partition coefficient (Wildman–Crippen LogP) is 0.193. The average Bonchev–Trinajstić information content (AvgIpc) is 3.24. The molecular weight excluding hydrogens is 348 g/mol. The van der Waals surface area contributed by atoms with Crippen LogP contribution in [-0.2, 0) is 5.79 Å². The molecule has 0 fully saturated rings. The van der Waals surface area contributed by atoms with E-state index in [0.717, 1.165) is 0 Å². The van der Waals surface area contributed by atoms with Crippen molar-refractivity contribution in [2.75, 3.05) is 0 Å². The highest BCUT2D eigenvalue weighted by molar-refractivity contribution is 5.98. The van der Waals surface area contributed by atoms with Crippen LogP contribution in [0, 0.1) is 10.8 Å². The van der Waals surface area contributed by atoms with Gasteiger partial charge in [-0.05, 0) is 36.4 Å². The molecule has 10 heteroatoms. The van der Waals surface area contributed by atoms with E-state index in [9.17, 15) is 10.2 Å². The molecule has 0 radical (unpaired) electrons. The van der Waals surface area contributed by atoms with E-state index in [0.29, 0.717) is 33.2 Å². The van der Waals surface area contributed by atoms with Gasteiger partial charge in [-0.2, -0.15) is 0 Å². The Balaban J connectivity index is 1.80. The van der Waals surface area contributed by atoms with E-state index in [2.05, 4.69) is 19.9 Å². The number of rotatable bonds is 4. The molecule has 0 amide bonds. The summed E-state index contributed by atoms with van der Waals surface area (Å²) >= 11 is 0. The van der Waals surface area contributed by atoms with Crippen LogP contribution in [0.3, 0.4) is 0 Å². The van der Waals surface area contributed by atoms with Crippen molar-refractivity contribution in [3.05, 3.63) is 59.2 Å². The van der Waals surface area contributed by atoms with E-state index < -0.39 is 5.79 Å². The number of hydrogen-bond donors (Lipinski definition) is 8. The van der Waals surface area contributed by atoms with Crippen LogP contribution in [-0.4, -0.2) is 41.8 Å². The summed E-state index contributed by atoms with van der Waals surface area (Å²) < 4.78 is 0. The molecule has 4 rings (SSSR count). The number of nitrogen functional groups attached to an aromatic ring is 2. The number of imidazole rings is 2. The zero-order chi connectivity index (χ0) is 19.3. The molecule has 4 aromatic rings. The van der Waals surface area contributed by atoms with Gasteiger partial charge in [0.25, 0.3) is 5.79 Å². The second kappa shape index (κ2) is 5.62. The topological polar surface area (TPSA) is 198 Å². The Morgan fingerprint density at radius 1 is 0.815 bits per heavy atom. The summed E-state index contributed by atoms with van der Waals surface area (Å²) in [4.78, 5) is 14.0. The number of aromatic amines is 2. The number of amidine groups is 2. The average molecular weight is 364 g/mol. The van der Waals surface area contributed by atoms with Crippen molar-refractivity contribution >= 4 is 33.7 Å². The first-order chi connectivity index (χ1) is 12.8. The fraction of sp³-hybridized carbons (Fsp3) is 0.0588. The van der Waals surface area contributed by atoms with E-state index in [1.54, 1.807) is 36.4 Å². The van der Waals surface area contributed by atoms with Gasteiger partial charge in [-0.25, -0.2) is 9.97 Å². The van der Waals surface area contributed by atoms with Crippen LogP contribution in [0.2, 0.25) is 0 Å². The summed E-state index contributed by atoms with van der Waals surface area (Å²) in [6.07, 6.45) is 0. The van der Waals surface area contributed by atoms with E-state index >= 15 is 0 Å². The first-order valence-electron chi connectivity index (χ1n) is 7.90. The van der Waals surface area contributed by atoms with Gasteiger partial charge in [-0.15, -0.1) is 0 Å². The number of fused-ring (bicyclic) bond motifs is 2. The molecule has 0 bridgehead atoms. The van der Waals surface area contributed by atoms with Crippen LogP contribution in [0.15, 0.2) is 36.4 Å². The number of nitrogens with two attached hydrogens (primary N) is 2. The summed E-state index contributed by atoms with van der Waals surface area (Å²) in [5.74, 6) is -2.99. The number of aromatic nitrogens is 4. The third-order valence-corrected chi connectivity index (χ3v) is 4.25. The van der Waals surface area contributed by atoms with Gasteiger partial charge in [0, 0.05) is 11.1 Å². The number of nitrogens with one attached hydrogen (secondary N) is 4. The summed E-state index contributed by atoms with van der Waals surface area (Å²) in [5.41, 5.74) is 13.9. The number of aliphatic hydroxyl groups is 2. The Kier molecular flexibility index (Phi) is 3.48. The summed E-state index contributed by atoms with van der Waals surface area (Å²) in [7, 11) is 0. The van der Waals surface area contributed by atoms with E-state index in [4.69, 9.17) is 22.3 Å². The third-order valence-electron chi connectivity index (χ3n) is 4.25. The highest BCUT2D eigenvalue weighted by Gasteiger charge is 2.36. The maximum absolute atomic E-state index is 10.7. The molecule has 136 valence electrons. The molecule has 27 heavy (non-hydrogen) atoms. The predicted molar refractivity (Wildman–Crippen MR) is 99.4 cm³/mol. The molecule has 0 atom stereocenters. The van der Waals surface area contributed by atoms with Crippen molar-refractivity contribution in [1.29, 1.82) is 10.8 Å². The Morgan fingerprint density at radius 3 is 1.59 bits per heavy atom. The molecule has 0 aliphatic heterocycles. The largest absolute Gasteiger partial charge is 0.384 e. The normalized spacial score (nSPS) is 11.9. The highest BCUT2D eigenvalue weighted by atomic mass is 16.5. The minimum absolute atomic E-state index is 0.106. The van der Waals surface area contributed by atoms with Crippen molar-refractivity contribution in [3.8, 4) is 0 Å². The fourth-order valence-corrected chi connectivity index (χ4v) is 2.80. The lowest BCUT2D eigenvalue weighted by Gasteiger charge is -2.15. The monoisotopic (exact) mass is 364 g/mol. The Labute approximate surface area is 151 Å². The van der Waals surface area contributed by atoms with Crippen LogP contribution in [0.4, 0.5) is 0 Å². The molecule has 10 nitrogen and oxygen atoms in total. The molecule has 2 heterocycles. The Morgan fingerprint density at radius 2 is 1.22 bits per heavy atom. The van der Waals surface area contributed by atoms with Gasteiger partial charge in [-0.1, -0.05) is 0 Å². The van der Waals surface area contributed by atoms with Crippen molar-refractivity contribution in [2.24, 2.45) is 11.5 Å². The standard InChI is InChI=1S/C17H16N8O2/c18-13(19)7-1-3-9-11(5-7)24-15(22-9)17(26,27)16-23-10-4-2-8(14(20)21)6-12(10)25-16/h1-6,26-27H,(H3,18,19)(H3,20,21)(H,22,24)(H,23,25). The highest BCUT2D eigenvalue weighted by Crippen LogP contribution is 2.27. The van der Waals surface area contributed by atoms with E-state index in [-0.39, 0.29) is 23.3 Å². The van der Waals surface area contributed by atoms with Gasteiger partial charge in [0.15, 0.2) is 11.6 Å². The van der Waals surface area contributed by atoms with Crippen molar-refractivity contribution in [3.63, 3.8) is 0 Å². The van der Waals surface area contributed by atoms with Gasteiger partial charge in [0.2, 0.25) is 0 Å². The van der Waals surface area contributed by atoms with Crippen LogP contribution in [0.5, 0.6) is 0 Å². The molecular formula is C17H16N8O2. The molecule has 10 N–H and O–H groups in total. The van der Waals surface area contributed by atoms with Gasteiger partial charge in [0.1, 0.15) is 11.7 Å². The number of nitrogens with zero attached hydrogens (tertiary/aromatic N) is 2. The van der Waals surface area contributed by atoms with Gasteiger partial charge >= 0.3 is 0 Å². The first-order valence-corrected chi connectivity index (χ1v) is 7.90. The zero-order valence-electron chi connectivity index (χ0n) is 13.9. The lowest BCUT2D eigenvalue weighted by Crippen LogP contribution is -2.29. The number of hydrogen-bond acceptors (Lipinski definition) is 6. The molecule has 0 spiro atoms.